The van der Waals surface area contributed by atoms with Crippen LogP contribution in [0.25, 0.3) is 11.0 Å². The lowest BCUT2D eigenvalue weighted by Crippen LogP contribution is -2.35. The molecular weight excluding hydrogens is 304 g/mol. The molecule has 0 bridgehead atoms. The highest BCUT2D eigenvalue weighted by atomic mass is 16.3. The van der Waals surface area contributed by atoms with E-state index in [-0.39, 0.29) is 17.4 Å². The largest absolute Gasteiger partial charge is 0.393 e. The quantitative estimate of drug-likeness (QED) is 0.817. The average molecular weight is 332 g/mol. The maximum Gasteiger partial charge on any atom is 0.252 e. The van der Waals surface area contributed by atoms with Crippen LogP contribution in [-0.2, 0) is 6.54 Å². The number of aliphatic hydroxyl groups excluding tert-OH is 1. The fourth-order valence-electron chi connectivity index (χ4n) is 2.87. The summed E-state index contributed by atoms with van der Waals surface area (Å²) in [7, 11) is 0. The Bertz CT molecular complexity index is 704. The molecule has 0 saturated carbocycles. The molecule has 1 atom stereocenters. The number of carbonyl (C=O) groups excluding carboxylic acids is 1. The Kier molecular flexibility index (Phi) is 5.59. The summed E-state index contributed by atoms with van der Waals surface area (Å²) >= 11 is 0. The van der Waals surface area contributed by atoms with Crippen LogP contribution in [0.5, 0.6) is 0 Å². The number of fused-ring (bicyclic) bond motifs is 1. The van der Waals surface area contributed by atoms with E-state index in [9.17, 15) is 9.90 Å². The van der Waals surface area contributed by atoms with Gasteiger partial charge < -0.3 is 10.4 Å². The van der Waals surface area contributed by atoms with Crippen molar-refractivity contribution in [2.24, 2.45) is 11.3 Å². The monoisotopic (exact) mass is 332 g/mol. The minimum absolute atomic E-state index is 0.153. The zero-order chi connectivity index (χ0) is 17.9. The molecule has 2 heterocycles. The number of aromatic nitrogens is 3. The van der Waals surface area contributed by atoms with Crippen LogP contribution in [0.3, 0.4) is 0 Å². The first-order valence-electron chi connectivity index (χ1n) is 8.46. The molecule has 132 valence electrons. The van der Waals surface area contributed by atoms with Crippen molar-refractivity contribution in [1.29, 1.82) is 0 Å². The van der Waals surface area contributed by atoms with Gasteiger partial charge in [0, 0.05) is 24.7 Å². The highest BCUT2D eigenvalue weighted by molar-refractivity contribution is 5.96. The maximum atomic E-state index is 12.4. The van der Waals surface area contributed by atoms with Crippen LogP contribution in [0.4, 0.5) is 0 Å². The molecule has 0 aliphatic carbocycles. The van der Waals surface area contributed by atoms with Crippen molar-refractivity contribution in [3.05, 3.63) is 24.0 Å². The van der Waals surface area contributed by atoms with Crippen LogP contribution in [0, 0.1) is 11.3 Å². The number of hydrogen-bond donors (Lipinski definition) is 2. The zero-order valence-electron chi connectivity index (χ0n) is 15.2. The number of amides is 1. The third kappa shape index (κ3) is 4.77. The normalized spacial score (nSPS) is 13.5. The van der Waals surface area contributed by atoms with E-state index in [0.717, 1.165) is 17.6 Å². The van der Waals surface area contributed by atoms with Gasteiger partial charge in [-0.15, -0.1) is 0 Å². The first kappa shape index (κ1) is 18.4. The van der Waals surface area contributed by atoms with Crippen molar-refractivity contribution in [2.45, 2.75) is 53.7 Å². The van der Waals surface area contributed by atoms with Crippen LogP contribution >= 0.6 is 0 Å². The van der Waals surface area contributed by atoms with Crippen molar-refractivity contribution < 1.29 is 9.90 Å². The van der Waals surface area contributed by atoms with Crippen LogP contribution in [0.2, 0.25) is 0 Å². The zero-order valence-corrected chi connectivity index (χ0v) is 15.2. The summed E-state index contributed by atoms with van der Waals surface area (Å²) < 4.78 is 1.87. The second-order valence-electron chi connectivity index (χ2n) is 7.76. The van der Waals surface area contributed by atoms with Crippen LogP contribution in [0.15, 0.2) is 18.5 Å². The molecule has 1 unspecified atom stereocenters. The predicted octanol–water partition coefficient (Wildman–Crippen LogP) is 2.61. The Labute approximate surface area is 143 Å². The molecule has 0 aliphatic heterocycles. The summed E-state index contributed by atoms with van der Waals surface area (Å²) in [5.74, 6) is 0.328. The average Bonchev–Trinajstić information content (AvgIpc) is 2.85. The standard InChI is InChI=1S/C18H28N4O2/c1-12(2)10-22-16-14(9-21-22)6-15(8-19-16)17(24)20-11-18(4,5)7-13(3)23/h6,8-9,12-13,23H,7,10-11H2,1-5H3,(H,20,24). The summed E-state index contributed by atoms with van der Waals surface area (Å²) in [6.07, 6.45) is 3.59. The molecule has 0 fully saturated rings. The molecule has 2 rings (SSSR count). The van der Waals surface area contributed by atoms with Crippen molar-refractivity contribution in [3.63, 3.8) is 0 Å². The molecule has 0 saturated heterocycles. The summed E-state index contributed by atoms with van der Waals surface area (Å²) in [6.45, 7) is 11.4. The second kappa shape index (κ2) is 7.30. The number of pyridine rings is 1. The smallest absolute Gasteiger partial charge is 0.252 e. The lowest BCUT2D eigenvalue weighted by atomic mass is 9.87. The molecule has 6 heteroatoms. The van der Waals surface area contributed by atoms with Gasteiger partial charge in [-0.25, -0.2) is 9.67 Å². The van der Waals surface area contributed by atoms with Crippen molar-refractivity contribution in [3.8, 4) is 0 Å². The lowest BCUT2D eigenvalue weighted by Gasteiger charge is -2.26. The van der Waals surface area contributed by atoms with Crippen LogP contribution < -0.4 is 5.32 Å². The molecule has 0 radical (unpaired) electrons. The molecule has 1 amide bonds. The lowest BCUT2D eigenvalue weighted by molar-refractivity contribution is 0.0902. The number of aliphatic hydroxyl groups is 1. The van der Waals surface area contributed by atoms with E-state index >= 15 is 0 Å². The van der Waals surface area contributed by atoms with Gasteiger partial charge in [-0.2, -0.15) is 5.10 Å². The first-order chi connectivity index (χ1) is 11.2. The fraction of sp³-hybridized carbons (Fsp3) is 0.611. The van der Waals surface area contributed by atoms with Gasteiger partial charge in [0.25, 0.3) is 5.91 Å². The minimum atomic E-state index is -0.387. The molecule has 2 aromatic rings. The third-order valence-corrected chi connectivity index (χ3v) is 3.85. The van der Waals surface area contributed by atoms with Gasteiger partial charge in [-0.05, 0) is 30.7 Å². The summed E-state index contributed by atoms with van der Waals surface area (Å²) in [6, 6.07) is 1.82. The van der Waals surface area contributed by atoms with Crippen molar-refractivity contribution >= 4 is 16.9 Å². The predicted molar refractivity (Wildman–Crippen MR) is 94.8 cm³/mol. The highest BCUT2D eigenvalue weighted by Crippen LogP contribution is 2.21. The Morgan fingerprint density at radius 2 is 2.04 bits per heavy atom. The second-order valence-corrected chi connectivity index (χ2v) is 7.76. The number of hydrogen-bond acceptors (Lipinski definition) is 4. The van der Waals surface area contributed by atoms with Gasteiger partial charge in [0.15, 0.2) is 5.65 Å². The molecule has 0 aromatic carbocycles. The number of nitrogens with one attached hydrogen (secondary N) is 1. The Morgan fingerprint density at radius 3 is 2.67 bits per heavy atom. The Morgan fingerprint density at radius 1 is 1.33 bits per heavy atom. The van der Waals surface area contributed by atoms with E-state index < -0.39 is 0 Å². The van der Waals surface area contributed by atoms with E-state index in [1.807, 2.05) is 24.6 Å². The van der Waals surface area contributed by atoms with E-state index in [1.165, 1.54) is 0 Å². The first-order valence-corrected chi connectivity index (χ1v) is 8.46. The molecule has 0 spiro atoms. The summed E-state index contributed by atoms with van der Waals surface area (Å²) in [5.41, 5.74) is 1.16. The van der Waals surface area contributed by atoms with E-state index in [4.69, 9.17) is 0 Å². The molecule has 0 aliphatic rings. The van der Waals surface area contributed by atoms with E-state index in [2.05, 4.69) is 29.2 Å². The molecule has 2 N–H and O–H groups in total. The minimum Gasteiger partial charge on any atom is -0.393 e. The maximum absolute atomic E-state index is 12.4. The molecule has 6 nitrogen and oxygen atoms in total. The Balaban J connectivity index is 2.08. The van der Waals surface area contributed by atoms with Gasteiger partial charge in [0.1, 0.15) is 0 Å². The van der Waals surface area contributed by atoms with Crippen LogP contribution in [-0.4, -0.2) is 38.4 Å². The van der Waals surface area contributed by atoms with Crippen molar-refractivity contribution in [1.82, 2.24) is 20.1 Å². The third-order valence-electron chi connectivity index (χ3n) is 3.85. The number of carbonyl (C=O) groups is 1. The fourth-order valence-corrected chi connectivity index (χ4v) is 2.87. The number of rotatable bonds is 7. The molecule has 24 heavy (non-hydrogen) atoms. The Hall–Kier alpha value is -1.95. The van der Waals surface area contributed by atoms with Gasteiger partial charge in [0.05, 0.1) is 17.9 Å². The van der Waals surface area contributed by atoms with Crippen molar-refractivity contribution in [2.75, 3.05) is 6.54 Å². The highest BCUT2D eigenvalue weighted by Gasteiger charge is 2.21. The number of nitrogens with zero attached hydrogens (tertiary/aromatic N) is 3. The summed E-state index contributed by atoms with van der Waals surface area (Å²) in [5, 5.41) is 17.7. The van der Waals surface area contributed by atoms with E-state index in [1.54, 1.807) is 19.3 Å². The van der Waals surface area contributed by atoms with Gasteiger partial charge in [-0.1, -0.05) is 27.7 Å². The molecular formula is C18H28N4O2. The molecule has 2 aromatic heterocycles. The van der Waals surface area contributed by atoms with E-state index in [0.29, 0.717) is 24.4 Å². The summed E-state index contributed by atoms with van der Waals surface area (Å²) in [4.78, 5) is 16.8. The van der Waals surface area contributed by atoms with Gasteiger partial charge in [-0.3, -0.25) is 4.79 Å². The van der Waals surface area contributed by atoms with Crippen LogP contribution in [0.1, 0.15) is 51.4 Å². The topological polar surface area (TPSA) is 80.0 Å². The van der Waals surface area contributed by atoms with Gasteiger partial charge in [0.2, 0.25) is 0 Å². The SMILES string of the molecule is CC(C)Cn1ncc2cc(C(=O)NCC(C)(C)CC(C)O)cnc21. The van der Waals surface area contributed by atoms with Gasteiger partial charge >= 0.3 is 0 Å².